The summed E-state index contributed by atoms with van der Waals surface area (Å²) in [6.07, 6.45) is 8.49. The molecule has 4 heterocycles. The van der Waals surface area contributed by atoms with E-state index in [4.69, 9.17) is 16.0 Å². The Kier molecular flexibility index (Phi) is 5.85. The number of halogens is 1. The Balaban J connectivity index is 1.54. The highest BCUT2D eigenvalue weighted by atomic mass is 35.5. The molecule has 0 saturated heterocycles. The van der Waals surface area contributed by atoms with Crippen molar-refractivity contribution in [3.63, 3.8) is 0 Å². The van der Waals surface area contributed by atoms with Crippen molar-refractivity contribution in [1.82, 2.24) is 29.9 Å². The zero-order chi connectivity index (χ0) is 23.7. The molecular weight excluding hydrogens is 454 g/mol. The maximum absolute atomic E-state index is 12.5. The number of para-hydroxylation sites is 1. The summed E-state index contributed by atoms with van der Waals surface area (Å²) in [5.74, 6) is 0.367. The average Bonchev–Trinajstić information content (AvgIpc) is 3.57. The number of ketones is 1. The molecule has 0 spiro atoms. The van der Waals surface area contributed by atoms with Crippen LogP contribution in [-0.2, 0) is 11.8 Å². The number of carbonyl (C=O) groups excluding carboxylic acids is 1. The van der Waals surface area contributed by atoms with Crippen LogP contribution in [0.4, 0.5) is 11.7 Å². The molecule has 0 amide bonds. The molecule has 0 aliphatic heterocycles. The standard InChI is InChI=1S/C24H22ClN7O2/c1-3-6-17(33)14-32(21-8-5-4-7-20(21)25)24-30-29-23(34-24)19-12-27-22-18(19)9-15(10-26-22)16-11-28-31(2)13-16/h4-5,7-13H,3,6,14H2,1-2H3,(H,26,27). The van der Waals surface area contributed by atoms with Crippen molar-refractivity contribution in [3.05, 3.63) is 60.1 Å². The van der Waals surface area contributed by atoms with Gasteiger partial charge in [-0.15, -0.1) is 5.10 Å². The number of fused-ring (bicyclic) bond motifs is 1. The molecule has 9 nitrogen and oxygen atoms in total. The number of benzene rings is 1. The molecule has 0 saturated carbocycles. The summed E-state index contributed by atoms with van der Waals surface area (Å²) < 4.78 is 7.81. The Hall–Kier alpha value is -3.98. The van der Waals surface area contributed by atoms with Gasteiger partial charge in [-0.3, -0.25) is 14.4 Å². The van der Waals surface area contributed by atoms with Crippen LogP contribution in [-0.4, -0.2) is 42.3 Å². The number of nitrogens with zero attached hydrogens (tertiary/aromatic N) is 6. The number of hydrogen-bond acceptors (Lipinski definition) is 7. The monoisotopic (exact) mass is 475 g/mol. The number of carbonyl (C=O) groups is 1. The molecule has 0 bridgehead atoms. The van der Waals surface area contributed by atoms with E-state index in [-0.39, 0.29) is 18.3 Å². The second-order valence-corrected chi connectivity index (χ2v) is 8.35. The molecule has 1 aromatic carbocycles. The van der Waals surface area contributed by atoms with Crippen LogP contribution < -0.4 is 4.90 Å². The molecule has 10 heteroatoms. The fourth-order valence-electron chi connectivity index (χ4n) is 3.80. The summed E-state index contributed by atoms with van der Waals surface area (Å²) in [6.45, 7) is 2.05. The number of rotatable bonds is 8. The van der Waals surface area contributed by atoms with E-state index in [2.05, 4.69) is 25.3 Å². The maximum Gasteiger partial charge on any atom is 0.323 e. The molecule has 34 heavy (non-hydrogen) atoms. The summed E-state index contributed by atoms with van der Waals surface area (Å²) in [4.78, 5) is 21.8. The smallest absolute Gasteiger partial charge is 0.323 e. The topological polar surface area (TPSA) is 106 Å². The number of pyridine rings is 1. The van der Waals surface area contributed by atoms with Crippen molar-refractivity contribution in [3.8, 4) is 22.6 Å². The molecule has 0 aliphatic rings. The van der Waals surface area contributed by atoms with Gasteiger partial charge in [-0.05, 0) is 24.6 Å². The summed E-state index contributed by atoms with van der Waals surface area (Å²) in [7, 11) is 1.87. The van der Waals surface area contributed by atoms with Crippen LogP contribution >= 0.6 is 11.6 Å². The lowest BCUT2D eigenvalue weighted by Crippen LogP contribution is -2.25. The predicted molar refractivity (Wildman–Crippen MR) is 130 cm³/mol. The van der Waals surface area contributed by atoms with Crippen molar-refractivity contribution < 1.29 is 9.21 Å². The SMILES string of the molecule is CCCC(=O)CN(c1nnc(-c2c[nH]c3ncc(-c4cnn(C)c4)cc23)o1)c1ccccc1Cl. The number of Topliss-reactive ketones (excluding diaryl/α,β-unsaturated/α-hetero) is 1. The molecule has 0 aliphatic carbocycles. The number of anilines is 2. The first-order valence-electron chi connectivity index (χ1n) is 10.9. The van der Waals surface area contributed by atoms with Gasteiger partial charge in [-0.1, -0.05) is 35.8 Å². The minimum atomic E-state index is 0.0552. The van der Waals surface area contributed by atoms with E-state index in [0.29, 0.717) is 34.2 Å². The lowest BCUT2D eigenvalue weighted by atomic mass is 10.1. The molecule has 0 radical (unpaired) electrons. The van der Waals surface area contributed by atoms with Crippen LogP contribution in [0.2, 0.25) is 5.02 Å². The highest BCUT2D eigenvalue weighted by Gasteiger charge is 2.23. The van der Waals surface area contributed by atoms with Crippen molar-refractivity contribution in [2.24, 2.45) is 7.05 Å². The van der Waals surface area contributed by atoms with E-state index in [1.807, 2.05) is 44.4 Å². The van der Waals surface area contributed by atoms with Gasteiger partial charge in [-0.2, -0.15) is 5.10 Å². The van der Waals surface area contributed by atoms with Crippen LogP contribution in [0, 0.1) is 0 Å². The largest absolute Gasteiger partial charge is 0.403 e. The molecule has 172 valence electrons. The van der Waals surface area contributed by atoms with Gasteiger partial charge in [0.2, 0.25) is 0 Å². The zero-order valence-electron chi connectivity index (χ0n) is 18.7. The van der Waals surface area contributed by atoms with Gasteiger partial charge in [0.05, 0.1) is 29.0 Å². The summed E-state index contributed by atoms with van der Waals surface area (Å²) in [6, 6.07) is 9.46. The van der Waals surface area contributed by atoms with E-state index in [9.17, 15) is 4.79 Å². The van der Waals surface area contributed by atoms with E-state index in [1.54, 1.807) is 34.2 Å². The first-order valence-corrected chi connectivity index (χ1v) is 11.2. The summed E-state index contributed by atoms with van der Waals surface area (Å²) in [5, 5.41) is 14.1. The van der Waals surface area contributed by atoms with Gasteiger partial charge in [-0.25, -0.2) is 4.98 Å². The van der Waals surface area contributed by atoms with Crippen LogP contribution in [0.1, 0.15) is 19.8 Å². The predicted octanol–water partition coefficient (Wildman–Crippen LogP) is 5.17. The minimum Gasteiger partial charge on any atom is -0.403 e. The fraction of sp³-hybridized carbons (Fsp3) is 0.208. The Morgan fingerprint density at radius 2 is 2.06 bits per heavy atom. The first kappa shape index (κ1) is 21.8. The molecular formula is C24H22ClN7O2. The van der Waals surface area contributed by atoms with Crippen molar-refractivity contribution in [2.45, 2.75) is 19.8 Å². The third-order valence-corrected chi connectivity index (χ3v) is 5.77. The molecule has 5 rings (SSSR count). The Labute approximate surface area is 200 Å². The first-order chi connectivity index (χ1) is 16.5. The average molecular weight is 476 g/mol. The lowest BCUT2D eigenvalue weighted by Gasteiger charge is -2.20. The molecule has 0 fully saturated rings. The normalized spacial score (nSPS) is 11.3. The van der Waals surface area contributed by atoms with Gasteiger partial charge >= 0.3 is 6.01 Å². The van der Waals surface area contributed by atoms with Gasteiger partial charge in [0.15, 0.2) is 5.78 Å². The third kappa shape index (κ3) is 4.17. The number of hydrogen-bond donors (Lipinski definition) is 1. The van der Waals surface area contributed by atoms with Crippen molar-refractivity contribution in [1.29, 1.82) is 0 Å². The number of nitrogens with one attached hydrogen (secondary N) is 1. The lowest BCUT2D eigenvalue weighted by molar-refractivity contribution is -0.117. The number of H-pyrrole nitrogens is 1. The van der Waals surface area contributed by atoms with E-state index >= 15 is 0 Å². The van der Waals surface area contributed by atoms with Crippen molar-refractivity contribution >= 4 is 40.1 Å². The van der Waals surface area contributed by atoms with E-state index < -0.39 is 0 Å². The van der Waals surface area contributed by atoms with Gasteiger partial charge in [0.1, 0.15) is 5.65 Å². The fourth-order valence-corrected chi connectivity index (χ4v) is 4.04. The molecule has 5 aromatic rings. The van der Waals surface area contributed by atoms with Crippen LogP contribution in [0.25, 0.3) is 33.6 Å². The van der Waals surface area contributed by atoms with E-state index in [1.165, 1.54) is 0 Å². The molecule has 1 N–H and O–H groups in total. The van der Waals surface area contributed by atoms with E-state index in [0.717, 1.165) is 22.9 Å². The zero-order valence-corrected chi connectivity index (χ0v) is 19.5. The highest BCUT2D eigenvalue weighted by Crippen LogP contribution is 2.35. The van der Waals surface area contributed by atoms with Crippen molar-refractivity contribution in [2.75, 3.05) is 11.4 Å². The number of aromatic amines is 1. The van der Waals surface area contributed by atoms with Gasteiger partial charge < -0.3 is 9.40 Å². The van der Waals surface area contributed by atoms with Crippen LogP contribution in [0.3, 0.4) is 0 Å². The maximum atomic E-state index is 12.5. The van der Waals surface area contributed by atoms with Crippen LogP contribution in [0.15, 0.2) is 59.5 Å². The van der Waals surface area contributed by atoms with Crippen LogP contribution in [0.5, 0.6) is 0 Å². The highest BCUT2D eigenvalue weighted by molar-refractivity contribution is 6.33. The Morgan fingerprint density at radius 1 is 1.21 bits per heavy atom. The minimum absolute atomic E-state index is 0.0552. The quantitative estimate of drug-likeness (QED) is 0.330. The third-order valence-electron chi connectivity index (χ3n) is 5.45. The second kappa shape index (κ2) is 9.11. The second-order valence-electron chi connectivity index (χ2n) is 7.94. The number of aryl methyl sites for hydroxylation is 1. The Bertz CT molecular complexity index is 1470. The number of aromatic nitrogens is 6. The molecule has 0 unspecified atom stereocenters. The van der Waals surface area contributed by atoms with Gasteiger partial charge in [0, 0.05) is 48.6 Å². The Morgan fingerprint density at radius 3 is 2.82 bits per heavy atom. The summed E-state index contributed by atoms with van der Waals surface area (Å²) in [5.41, 5.74) is 3.91. The van der Waals surface area contributed by atoms with Gasteiger partial charge in [0.25, 0.3) is 5.89 Å². The molecule has 4 aromatic heterocycles. The molecule has 0 atom stereocenters. The summed E-state index contributed by atoms with van der Waals surface area (Å²) >= 11 is 6.43.